The van der Waals surface area contributed by atoms with Crippen LogP contribution in [0.25, 0.3) is 0 Å². The van der Waals surface area contributed by atoms with E-state index in [1.54, 1.807) is 0 Å². The molecule has 18 heavy (non-hydrogen) atoms. The fourth-order valence-electron chi connectivity index (χ4n) is 1.77. The number of rotatable bonds is 9. The molecule has 0 saturated carbocycles. The van der Waals surface area contributed by atoms with E-state index in [4.69, 9.17) is 16.3 Å². The molecule has 3 heteroatoms. The summed E-state index contributed by atoms with van der Waals surface area (Å²) in [5.41, 5.74) is 0.161. The van der Waals surface area contributed by atoms with Crippen LogP contribution in [0.1, 0.15) is 33.1 Å². The fraction of sp³-hybridized carbons (Fsp3) is 0.600. The van der Waals surface area contributed by atoms with Crippen LogP contribution >= 0.6 is 11.6 Å². The van der Waals surface area contributed by atoms with Crippen molar-refractivity contribution in [2.45, 2.75) is 38.6 Å². The normalized spacial score (nSPS) is 14.2. The van der Waals surface area contributed by atoms with Gasteiger partial charge < -0.3 is 10.1 Å². The van der Waals surface area contributed by atoms with Crippen LogP contribution in [0.15, 0.2) is 30.3 Å². The third-order valence-electron chi connectivity index (χ3n) is 3.31. The van der Waals surface area contributed by atoms with E-state index in [1.807, 2.05) is 30.3 Å². The zero-order valence-electron chi connectivity index (χ0n) is 11.4. The second-order valence-corrected chi connectivity index (χ2v) is 5.17. The van der Waals surface area contributed by atoms with Crippen LogP contribution in [0.2, 0.25) is 0 Å². The molecule has 1 atom stereocenters. The van der Waals surface area contributed by atoms with Gasteiger partial charge in [-0.05, 0) is 44.9 Å². The first-order valence-electron chi connectivity index (χ1n) is 6.69. The second kappa shape index (κ2) is 8.39. The van der Waals surface area contributed by atoms with Crippen LogP contribution in [-0.4, -0.2) is 24.6 Å². The molecule has 1 aromatic carbocycles. The van der Waals surface area contributed by atoms with Gasteiger partial charge in [0.25, 0.3) is 0 Å². The Bertz CT molecular complexity index is 318. The molecule has 0 aliphatic heterocycles. The first-order valence-corrected chi connectivity index (χ1v) is 7.22. The van der Waals surface area contributed by atoms with Crippen LogP contribution in [0, 0.1) is 0 Å². The Kier molecular flexibility index (Phi) is 7.14. The molecule has 0 aromatic heterocycles. The van der Waals surface area contributed by atoms with Gasteiger partial charge in [-0.1, -0.05) is 25.1 Å². The highest BCUT2D eigenvalue weighted by atomic mass is 35.5. The van der Waals surface area contributed by atoms with E-state index in [9.17, 15) is 0 Å². The van der Waals surface area contributed by atoms with Gasteiger partial charge in [-0.2, -0.15) is 0 Å². The first-order chi connectivity index (χ1) is 8.70. The Morgan fingerprint density at radius 2 is 2.00 bits per heavy atom. The minimum Gasteiger partial charge on any atom is -0.494 e. The van der Waals surface area contributed by atoms with Gasteiger partial charge in [0.05, 0.1) is 6.61 Å². The Labute approximate surface area is 116 Å². The lowest BCUT2D eigenvalue weighted by Crippen LogP contribution is -2.42. The monoisotopic (exact) mass is 269 g/mol. The molecule has 1 rings (SSSR count). The predicted octanol–water partition coefficient (Wildman–Crippen LogP) is 3.84. The molecule has 102 valence electrons. The van der Waals surface area contributed by atoms with Crippen molar-refractivity contribution in [3.05, 3.63) is 30.3 Å². The number of ether oxygens (including phenoxy) is 1. The van der Waals surface area contributed by atoms with Crippen LogP contribution in [0.3, 0.4) is 0 Å². The quantitative estimate of drug-likeness (QED) is 0.543. The van der Waals surface area contributed by atoms with E-state index in [2.05, 4.69) is 19.2 Å². The summed E-state index contributed by atoms with van der Waals surface area (Å²) in [6, 6.07) is 9.94. The topological polar surface area (TPSA) is 21.3 Å². The Morgan fingerprint density at radius 1 is 1.28 bits per heavy atom. The highest BCUT2D eigenvalue weighted by molar-refractivity contribution is 6.17. The van der Waals surface area contributed by atoms with Gasteiger partial charge >= 0.3 is 0 Å². The number of hydrogen-bond donors (Lipinski definition) is 1. The average molecular weight is 270 g/mol. The van der Waals surface area contributed by atoms with Crippen molar-refractivity contribution >= 4 is 11.6 Å². The van der Waals surface area contributed by atoms with Crippen molar-refractivity contribution in [2.75, 3.05) is 19.0 Å². The lowest BCUT2D eigenvalue weighted by Gasteiger charge is -2.29. The number of nitrogens with one attached hydrogen (secondary N) is 1. The van der Waals surface area contributed by atoms with Gasteiger partial charge in [0, 0.05) is 11.4 Å². The smallest absolute Gasteiger partial charge is 0.119 e. The van der Waals surface area contributed by atoms with E-state index in [-0.39, 0.29) is 5.54 Å². The predicted molar refractivity (Wildman–Crippen MR) is 78.6 cm³/mol. The lowest BCUT2D eigenvalue weighted by molar-refractivity contribution is 0.282. The summed E-state index contributed by atoms with van der Waals surface area (Å²) in [4.78, 5) is 0. The summed E-state index contributed by atoms with van der Waals surface area (Å²) in [5, 5.41) is 3.57. The van der Waals surface area contributed by atoms with E-state index in [0.29, 0.717) is 5.88 Å². The van der Waals surface area contributed by atoms with Gasteiger partial charge in [-0.15, -0.1) is 11.6 Å². The molecule has 1 N–H and O–H groups in total. The second-order valence-electron chi connectivity index (χ2n) is 4.80. The largest absolute Gasteiger partial charge is 0.494 e. The van der Waals surface area contributed by atoms with Gasteiger partial charge in [0.2, 0.25) is 0 Å². The van der Waals surface area contributed by atoms with Gasteiger partial charge in [0.1, 0.15) is 5.75 Å². The maximum Gasteiger partial charge on any atom is 0.119 e. The van der Waals surface area contributed by atoms with E-state index in [1.165, 1.54) is 0 Å². The summed E-state index contributed by atoms with van der Waals surface area (Å²) in [6.07, 6.45) is 3.11. The van der Waals surface area contributed by atoms with Crippen molar-refractivity contribution in [3.8, 4) is 5.75 Å². The van der Waals surface area contributed by atoms with E-state index >= 15 is 0 Å². The van der Waals surface area contributed by atoms with Crippen molar-refractivity contribution < 1.29 is 4.74 Å². The maximum atomic E-state index is 5.82. The maximum absolute atomic E-state index is 5.82. The Morgan fingerprint density at radius 3 is 2.61 bits per heavy atom. The van der Waals surface area contributed by atoms with Gasteiger partial charge in [0.15, 0.2) is 0 Å². The SMILES string of the molecule is CCC(C)(CCCl)NCCCOc1ccccc1. The van der Waals surface area contributed by atoms with Crippen LogP contribution in [0.4, 0.5) is 0 Å². The summed E-state index contributed by atoms with van der Waals surface area (Å²) in [5.74, 6) is 1.65. The number of halogens is 1. The standard InChI is InChI=1S/C15H24ClNO/c1-3-15(2,10-11-16)17-12-7-13-18-14-8-5-4-6-9-14/h4-6,8-9,17H,3,7,10-13H2,1-2H3. The van der Waals surface area contributed by atoms with Crippen molar-refractivity contribution in [2.24, 2.45) is 0 Å². The third-order valence-corrected chi connectivity index (χ3v) is 3.50. The summed E-state index contributed by atoms with van der Waals surface area (Å²) in [7, 11) is 0. The molecule has 0 aliphatic carbocycles. The van der Waals surface area contributed by atoms with Gasteiger partial charge in [-0.3, -0.25) is 0 Å². The number of hydrogen-bond acceptors (Lipinski definition) is 2. The molecule has 1 unspecified atom stereocenters. The summed E-state index contributed by atoms with van der Waals surface area (Å²) < 4.78 is 5.65. The fourth-order valence-corrected chi connectivity index (χ4v) is 2.18. The molecule has 0 spiro atoms. The van der Waals surface area contributed by atoms with Gasteiger partial charge in [-0.25, -0.2) is 0 Å². The van der Waals surface area contributed by atoms with Crippen LogP contribution < -0.4 is 10.1 Å². The molecule has 0 heterocycles. The first kappa shape index (κ1) is 15.3. The number of para-hydroxylation sites is 1. The molecule has 0 aliphatic rings. The van der Waals surface area contributed by atoms with Crippen molar-refractivity contribution in [1.29, 1.82) is 0 Å². The third kappa shape index (κ3) is 5.74. The molecule has 0 fully saturated rings. The zero-order valence-corrected chi connectivity index (χ0v) is 12.2. The summed E-state index contributed by atoms with van der Waals surface area (Å²) in [6.45, 7) is 6.14. The van der Waals surface area contributed by atoms with E-state index < -0.39 is 0 Å². The molecule has 2 nitrogen and oxygen atoms in total. The lowest BCUT2D eigenvalue weighted by atomic mass is 9.95. The average Bonchev–Trinajstić information content (AvgIpc) is 2.40. The number of alkyl halides is 1. The number of benzene rings is 1. The molecule has 0 saturated heterocycles. The zero-order chi connectivity index (χ0) is 13.3. The van der Waals surface area contributed by atoms with E-state index in [0.717, 1.165) is 38.2 Å². The van der Waals surface area contributed by atoms with Crippen LogP contribution in [-0.2, 0) is 0 Å². The van der Waals surface area contributed by atoms with Crippen LogP contribution in [0.5, 0.6) is 5.75 Å². The molecular formula is C15H24ClNO. The molecule has 0 bridgehead atoms. The Balaban J connectivity index is 2.15. The molecule has 0 radical (unpaired) electrons. The Hall–Kier alpha value is -0.730. The van der Waals surface area contributed by atoms with Crippen molar-refractivity contribution in [1.82, 2.24) is 5.32 Å². The van der Waals surface area contributed by atoms with Crippen molar-refractivity contribution in [3.63, 3.8) is 0 Å². The minimum absolute atomic E-state index is 0.161. The highest BCUT2D eigenvalue weighted by Crippen LogP contribution is 2.15. The minimum atomic E-state index is 0.161. The highest BCUT2D eigenvalue weighted by Gasteiger charge is 2.19. The molecule has 1 aromatic rings. The molecular weight excluding hydrogens is 246 g/mol. The molecule has 0 amide bonds. The summed E-state index contributed by atoms with van der Waals surface area (Å²) >= 11 is 5.82.